The average molecular weight is 242 g/mol. The number of aliphatic hydroxyl groups excluding tert-OH is 1. The highest BCUT2D eigenvalue weighted by atomic mass is 16.3. The topological polar surface area (TPSA) is 40.5 Å². The SMILES string of the molecule is CCCCC(CC)CC(O)C1(O)CCCCC1. The van der Waals surface area contributed by atoms with Crippen LogP contribution in [0.4, 0.5) is 0 Å². The Kier molecular flexibility index (Phi) is 6.50. The van der Waals surface area contributed by atoms with Crippen molar-refractivity contribution in [3.05, 3.63) is 0 Å². The molecular weight excluding hydrogens is 212 g/mol. The van der Waals surface area contributed by atoms with Crippen LogP contribution in [0.3, 0.4) is 0 Å². The van der Waals surface area contributed by atoms with Gasteiger partial charge in [-0.15, -0.1) is 0 Å². The summed E-state index contributed by atoms with van der Waals surface area (Å²) in [5.41, 5.74) is -0.780. The Bertz CT molecular complexity index is 197. The maximum atomic E-state index is 10.5. The van der Waals surface area contributed by atoms with Gasteiger partial charge in [0.05, 0.1) is 11.7 Å². The third-order valence-corrected chi connectivity index (χ3v) is 4.44. The van der Waals surface area contributed by atoms with Crippen molar-refractivity contribution < 1.29 is 10.2 Å². The summed E-state index contributed by atoms with van der Waals surface area (Å²) in [6.45, 7) is 4.40. The number of rotatable bonds is 7. The average Bonchev–Trinajstić information content (AvgIpc) is 2.35. The summed E-state index contributed by atoms with van der Waals surface area (Å²) in [5.74, 6) is 0.580. The van der Waals surface area contributed by atoms with Crippen LogP contribution in [0.2, 0.25) is 0 Å². The smallest absolute Gasteiger partial charge is 0.0905 e. The molecule has 2 atom stereocenters. The van der Waals surface area contributed by atoms with Gasteiger partial charge in [-0.3, -0.25) is 0 Å². The van der Waals surface area contributed by atoms with E-state index in [-0.39, 0.29) is 0 Å². The first kappa shape index (κ1) is 15.0. The molecule has 2 N–H and O–H groups in total. The summed E-state index contributed by atoms with van der Waals surface area (Å²) < 4.78 is 0. The number of unbranched alkanes of at least 4 members (excludes halogenated alkanes) is 1. The largest absolute Gasteiger partial charge is 0.390 e. The fraction of sp³-hybridized carbons (Fsp3) is 1.00. The molecule has 2 nitrogen and oxygen atoms in total. The summed E-state index contributed by atoms with van der Waals surface area (Å²) in [5, 5.41) is 20.7. The van der Waals surface area contributed by atoms with Gasteiger partial charge in [-0.25, -0.2) is 0 Å². The van der Waals surface area contributed by atoms with Crippen molar-refractivity contribution in [2.24, 2.45) is 5.92 Å². The lowest BCUT2D eigenvalue weighted by molar-refractivity contribution is -0.105. The molecule has 2 heteroatoms. The molecule has 1 aliphatic carbocycles. The second-order valence-corrected chi connectivity index (χ2v) is 5.83. The van der Waals surface area contributed by atoms with Crippen LogP contribution in [-0.4, -0.2) is 21.9 Å². The second-order valence-electron chi connectivity index (χ2n) is 5.83. The van der Waals surface area contributed by atoms with Crippen molar-refractivity contribution in [1.29, 1.82) is 0 Å². The van der Waals surface area contributed by atoms with Crippen molar-refractivity contribution >= 4 is 0 Å². The minimum absolute atomic E-state index is 0.510. The monoisotopic (exact) mass is 242 g/mol. The molecule has 0 bridgehead atoms. The minimum atomic E-state index is -0.780. The van der Waals surface area contributed by atoms with Gasteiger partial charge in [0.2, 0.25) is 0 Å². The lowest BCUT2D eigenvalue weighted by atomic mass is 9.77. The van der Waals surface area contributed by atoms with Crippen molar-refractivity contribution in [2.45, 2.75) is 89.8 Å². The highest BCUT2D eigenvalue weighted by Gasteiger charge is 2.37. The van der Waals surface area contributed by atoms with Gasteiger partial charge in [0, 0.05) is 0 Å². The van der Waals surface area contributed by atoms with Gasteiger partial charge < -0.3 is 10.2 Å². The first-order valence-electron chi connectivity index (χ1n) is 7.52. The summed E-state index contributed by atoms with van der Waals surface area (Å²) >= 11 is 0. The molecule has 1 fully saturated rings. The van der Waals surface area contributed by atoms with Crippen molar-refractivity contribution in [1.82, 2.24) is 0 Å². The van der Waals surface area contributed by atoms with E-state index < -0.39 is 11.7 Å². The van der Waals surface area contributed by atoms with Crippen LogP contribution in [0.1, 0.15) is 78.1 Å². The molecule has 0 aromatic rings. The van der Waals surface area contributed by atoms with Crippen LogP contribution in [0.15, 0.2) is 0 Å². The molecule has 1 aliphatic rings. The molecular formula is C15H30O2. The van der Waals surface area contributed by atoms with Crippen LogP contribution < -0.4 is 0 Å². The molecule has 0 aromatic heterocycles. The molecule has 0 aliphatic heterocycles. The Hall–Kier alpha value is -0.0800. The Morgan fingerprint density at radius 3 is 2.29 bits per heavy atom. The first-order valence-corrected chi connectivity index (χ1v) is 7.52. The molecule has 102 valence electrons. The van der Waals surface area contributed by atoms with E-state index in [1.807, 2.05) is 0 Å². The van der Waals surface area contributed by atoms with E-state index in [0.29, 0.717) is 5.92 Å². The summed E-state index contributed by atoms with van der Waals surface area (Å²) in [6.07, 6.45) is 9.97. The third-order valence-electron chi connectivity index (χ3n) is 4.44. The highest BCUT2D eigenvalue weighted by molar-refractivity contribution is 4.90. The predicted octanol–water partition coefficient (Wildman–Crippen LogP) is 3.65. The Morgan fingerprint density at radius 2 is 1.76 bits per heavy atom. The normalized spacial score (nSPS) is 23.3. The molecule has 0 radical (unpaired) electrons. The number of aliphatic hydroxyl groups is 2. The van der Waals surface area contributed by atoms with E-state index in [9.17, 15) is 10.2 Å². The van der Waals surface area contributed by atoms with Crippen LogP contribution in [-0.2, 0) is 0 Å². The second kappa shape index (κ2) is 7.38. The molecule has 2 unspecified atom stereocenters. The zero-order valence-electron chi connectivity index (χ0n) is 11.6. The quantitative estimate of drug-likeness (QED) is 0.715. The van der Waals surface area contributed by atoms with E-state index in [1.165, 1.54) is 25.7 Å². The lowest BCUT2D eigenvalue weighted by Crippen LogP contribution is -2.44. The van der Waals surface area contributed by atoms with Gasteiger partial charge in [-0.1, -0.05) is 58.8 Å². The van der Waals surface area contributed by atoms with E-state index in [4.69, 9.17) is 0 Å². The van der Waals surface area contributed by atoms with E-state index in [2.05, 4.69) is 13.8 Å². The fourth-order valence-electron chi connectivity index (χ4n) is 3.01. The van der Waals surface area contributed by atoms with Crippen LogP contribution in [0.25, 0.3) is 0 Å². The highest BCUT2D eigenvalue weighted by Crippen LogP contribution is 2.34. The number of hydrogen-bond donors (Lipinski definition) is 2. The zero-order valence-corrected chi connectivity index (χ0v) is 11.6. The molecule has 0 aromatic carbocycles. The van der Waals surface area contributed by atoms with Crippen molar-refractivity contribution in [2.75, 3.05) is 0 Å². The fourth-order valence-corrected chi connectivity index (χ4v) is 3.01. The lowest BCUT2D eigenvalue weighted by Gasteiger charge is -2.37. The zero-order chi connectivity index (χ0) is 12.7. The summed E-state index contributed by atoms with van der Waals surface area (Å²) in [4.78, 5) is 0. The van der Waals surface area contributed by atoms with E-state index >= 15 is 0 Å². The van der Waals surface area contributed by atoms with E-state index in [1.54, 1.807) is 0 Å². The first-order chi connectivity index (χ1) is 8.12. The number of hydrogen-bond acceptors (Lipinski definition) is 2. The van der Waals surface area contributed by atoms with Gasteiger partial charge in [-0.2, -0.15) is 0 Å². The summed E-state index contributed by atoms with van der Waals surface area (Å²) in [6, 6.07) is 0. The van der Waals surface area contributed by atoms with Crippen LogP contribution >= 0.6 is 0 Å². The standard InChI is InChI=1S/C15H30O2/c1-3-5-9-13(4-2)12-14(16)15(17)10-7-6-8-11-15/h13-14,16-17H,3-12H2,1-2H3. The van der Waals surface area contributed by atoms with Gasteiger partial charge >= 0.3 is 0 Å². The van der Waals surface area contributed by atoms with Gasteiger partial charge in [0.15, 0.2) is 0 Å². The van der Waals surface area contributed by atoms with Crippen molar-refractivity contribution in [3.63, 3.8) is 0 Å². The molecule has 0 spiro atoms. The van der Waals surface area contributed by atoms with Gasteiger partial charge in [0.25, 0.3) is 0 Å². The summed E-state index contributed by atoms with van der Waals surface area (Å²) in [7, 11) is 0. The van der Waals surface area contributed by atoms with Gasteiger partial charge in [-0.05, 0) is 25.2 Å². The van der Waals surface area contributed by atoms with Crippen LogP contribution in [0, 0.1) is 5.92 Å². The Morgan fingerprint density at radius 1 is 1.12 bits per heavy atom. The van der Waals surface area contributed by atoms with Gasteiger partial charge in [0.1, 0.15) is 0 Å². The molecule has 17 heavy (non-hydrogen) atoms. The van der Waals surface area contributed by atoms with E-state index in [0.717, 1.165) is 38.5 Å². The molecule has 1 saturated carbocycles. The maximum absolute atomic E-state index is 10.5. The molecule has 0 amide bonds. The molecule has 1 rings (SSSR count). The molecule has 0 heterocycles. The Labute approximate surface area is 106 Å². The minimum Gasteiger partial charge on any atom is -0.390 e. The van der Waals surface area contributed by atoms with Crippen molar-refractivity contribution in [3.8, 4) is 0 Å². The Balaban J connectivity index is 2.41. The predicted molar refractivity (Wildman–Crippen MR) is 72.0 cm³/mol. The maximum Gasteiger partial charge on any atom is 0.0905 e. The van der Waals surface area contributed by atoms with Crippen LogP contribution in [0.5, 0.6) is 0 Å². The molecule has 0 saturated heterocycles. The third kappa shape index (κ3) is 4.59.